The molecule has 6 heteroatoms. The lowest BCUT2D eigenvalue weighted by Crippen LogP contribution is -2.47. The summed E-state index contributed by atoms with van der Waals surface area (Å²) in [5.41, 5.74) is 0. The van der Waals surface area contributed by atoms with Crippen LogP contribution in [0.15, 0.2) is 0 Å². The molecule has 2 unspecified atom stereocenters. The number of hydrogen-bond donors (Lipinski definition) is 1. The van der Waals surface area contributed by atoms with E-state index in [2.05, 4.69) is 18.7 Å². The third-order valence-corrected chi connectivity index (χ3v) is 3.87. The summed E-state index contributed by atoms with van der Waals surface area (Å²) < 4.78 is 16.9. The average molecular weight is 249 g/mol. The Hall–Kier alpha value is -0.460. The highest BCUT2D eigenvalue weighted by atomic mass is 32.2. The van der Waals surface area contributed by atoms with E-state index < -0.39 is 16.8 Å². The zero-order valence-electron chi connectivity index (χ0n) is 9.72. The summed E-state index contributed by atoms with van der Waals surface area (Å²) in [7, 11) is -1.33. The van der Waals surface area contributed by atoms with Crippen molar-refractivity contribution in [2.24, 2.45) is 0 Å². The van der Waals surface area contributed by atoms with Gasteiger partial charge in [-0.2, -0.15) is 0 Å². The molecule has 1 fully saturated rings. The lowest BCUT2D eigenvalue weighted by Gasteiger charge is -2.35. The molecule has 1 N–H and O–H groups in total. The second-order valence-electron chi connectivity index (χ2n) is 4.23. The van der Waals surface area contributed by atoms with Crippen LogP contribution >= 0.6 is 0 Å². The van der Waals surface area contributed by atoms with Crippen LogP contribution in [0.25, 0.3) is 0 Å². The first-order chi connectivity index (χ1) is 7.49. The average Bonchev–Trinajstić information content (AvgIpc) is 2.16. The standard InChI is InChI=1S/C10H19NO4S/c1-8(2)11-3-4-15-9(5-11)6-16(14)7-10(12)13/h8-9H,3-7H2,1-2H3,(H,12,13). The number of morpholine rings is 1. The van der Waals surface area contributed by atoms with Gasteiger partial charge < -0.3 is 9.84 Å². The summed E-state index contributed by atoms with van der Waals surface area (Å²) in [5, 5.41) is 8.51. The van der Waals surface area contributed by atoms with Gasteiger partial charge in [-0.25, -0.2) is 0 Å². The zero-order valence-corrected chi connectivity index (χ0v) is 10.5. The Bertz CT molecular complexity index is 270. The number of aliphatic carboxylic acids is 1. The summed E-state index contributed by atoms with van der Waals surface area (Å²) >= 11 is 0. The fourth-order valence-corrected chi connectivity index (χ4v) is 2.73. The zero-order chi connectivity index (χ0) is 12.1. The Labute approximate surface area is 98.2 Å². The molecule has 1 aliphatic heterocycles. The molecular weight excluding hydrogens is 230 g/mol. The van der Waals surface area contributed by atoms with Crippen molar-refractivity contribution < 1.29 is 18.8 Å². The predicted octanol–water partition coefficient (Wildman–Crippen LogP) is -0.0711. The van der Waals surface area contributed by atoms with Crippen molar-refractivity contribution in [2.75, 3.05) is 31.2 Å². The number of nitrogens with zero attached hydrogens (tertiary/aromatic N) is 1. The van der Waals surface area contributed by atoms with Crippen LogP contribution in [0.4, 0.5) is 0 Å². The number of carboxylic acids is 1. The number of rotatable bonds is 5. The maximum Gasteiger partial charge on any atom is 0.316 e. The summed E-state index contributed by atoms with van der Waals surface area (Å²) in [6.45, 7) is 6.48. The molecule has 0 radical (unpaired) electrons. The molecule has 94 valence electrons. The van der Waals surface area contributed by atoms with Gasteiger partial charge in [-0.05, 0) is 13.8 Å². The van der Waals surface area contributed by atoms with Crippen molar-refractivity contribution in [3.05, 3.63) is 0 Å². The van der Waals surface area contributed by atoms with Crippen molar-refractivity contribution in [1.82, 2.24) is 4.90 Å². The number of hydrogen-bond acceptors (Lipinski definition) is 4. The molecule has 0 aromatic heterocycles. The van der Waals surface area contributed by atoms with E-state index in [0.717, 1.165) is 13.1 Å². The van der Waals surface area contributed by atoms with E-state index in [0.29, 0.717) is 18.4 Å². The van der Waals surface area contributed by atoms with E-state index in [9.17, 15) is 9.00 Å². The molecule has 1 rings (SSSR count). The number of ether oxygens (including phenoxy) is 1. The van der Waals surface area contributed by atoms with Crippen LogP contribution in [-0.4, -0.2) is 63.5 Å². The highest BCUT2D eigenvalue weighted by molar-refractivity contribution is 7.85. The van der Waals surface area contributed by atoms with Crippen LogP contribution in [0.3, 0.4) is 0 Å². The summed E-state index contributed by atoms with van der Waals surface area (Å²) in [6.07, 6.45) is -0.101. The quantitative estimate of drug-likeness (QED) is 0.738. The Balaban J connectivity index is 2.37. The summed E-state index contributed by atoms with van der Waals surface area (Å²) in [6, 6.07) is 0.444. The minimum atomic E-state index is -1.33. The van der Waals surface area contributed by atoms with E-state index in [1.54, 1.807) is 0 Å². The molecule has 0 aliphatic carbocycles. The molecule has 0 aromatic carbocycles. The van der Waals surface area contributed by atoms with Gasteiger partial charge in [-0.1, -0.05) is 0 Å². The van der Waals surface area contributed by atoms with Gasteiger partial charge in [0.25, 0.3) is 0 Å². The molecule has 1 heterocycles. The normalized spacial score (nSPS) is 24.6. The van der Waals surface area contributed by atoms with Crippen LogP contribution in [-0.2, 0) is 20.3 Å². The first kappa shape index (κ1) is 13.6. The molecule has 0 bridgehead atoms. The molecule has 0 saturated carbocycles. The van der Waals surface area contributed by atoms with Crippen LogP contribution in [0.1, 0.15) is 13.8 Å². The van der Waals surface area contributed by atoms with Crippen molar-refractivity contribution in [1.29, 1.82) is 0 Å². The smallest absolute Gasteiger partial charge is 0.316 e. The van der Waals surface area contributed by atoms with E-state index in [1.807, 2.05) is 0 Å². The molecule has 16 heavy (non-hydrogen) atoms. The van der Waals surface area contributed by atoms with Gasteiger partial charge >= 0.3 is 5.97 Å². The van der Waals surface area contributed by atoms with E-state index >= 15 is 0 Å². The van der Waals surface area contributed by atoms with Gasteiger partial charge in [-0.15, -0.1) is 0 Å². The van der Waals surface area contributed by atoms with E-state index in [4.69, 9.17) is 9.84 Å². The Morgan fingerprint density at radius 1 is 1.62 bits per heavy atom. The Morgan fingerprint density at radius 3 is 2.88 bits per heavy atom. The first-order valence-corrected chi connectivity index (χ1v) is 6.90. The monoisotopic (exact) mass is 249 g/mol. The fraction of sp³-hybridized carbons (Fsp3) is 0.900. The van der Waals surface area contributed by atoms with E-state index in [-0.39, 0.29) is 11.9 Å². The Morgan fingerprint density at radius 2 is 2.31 bits per heavy atom. The maximum atomic E-state index is 11.4. The Kier molecular flexibility index (Phi) is 5.37. The molecule has 0 amide bonds. The van der Waals surface area contributed by atoms with Gasteiger partial charge in [0.2, 0.25) is 0 Å². The van der Waals surface area contributed by atoms with Crippen LogP contribution in [0.5, 0.6) is 0 Å². The SMILES string of the molecule is CC(C)N1CCOC(CS(=O)CC(=O)O)C1. The number of carbonyl (C=O) groups is 1. The predicted molar refractivity (Wildman–Crippen MR) is 62.0 cm³/mol. The highest BCUT2D eigenvalue weighted by Crippen LogP contribution is 2.09. The van der Waals surface area contributed by atoms with Gasteiger partial charge in [-0.3, -0.25) is 13.9 Å². The number of carboxylic acid groups (broad SMARTS) is 1. The van der Waals surface area contributed by atoms with Crippen molar-refractivity contribution in [2.45, 2.75) is 26.0 Å². The summed E-state index contributed by atoms with van der Waals surface area (Å²) in [5.74, 6) is -0.994. The third kappa shape index (κ3) is 4.59. The molecule has 0 aromatic rings. The van der Waals surface area contributed by atoms with E-state index in [1.165, 1.54) is 0 Å². The summed E-state index contributed by atoms with van der Waals surface area (Å²) in [4.78, 5) is 12.6. The van der Waals surface area contributed by atoms with Crippen molar-refractivity contribution >= 4 is 16.8 Å². The molecular formula is C10H19NO4S. The molecule has 0 spiro atoms. The van der Waals surface area contributed by atoms with Gasteiger partial charge in [0, 0.05) is 29.9 Å². The lowest BCUT2D eigenvalue weighted by molar-refractivity contribution is -0.133. The van der Waals surface area contributed by atoms with Gasteiger partial charge in [0.1, 0.15) is 5.75 Å². The fourth-order valence-electron chi connectivity index (χ4n) is 1.72. The molecule has 5 nitrogen and oxygen atoms in total. The largest absolute Gasteiger partial charge is 0.481 e. The highest BCUT2D eigenvalue weighted by Gasteiger charge is 2.24. The molecule has 2 atom stereocenters. The van der Waals surface area contributed by atoms with Crippen LogP contribution < -0.4 is 0 Å². The van der Waals surface area contributed by atoms with Crippen LogP contribution in [0.2, 0.25) is 0 Å². The minimum absolute atomic E-state index is 0.101. The van der Waals surface area contributed by atoms with Gasteiger partial charge in [0.15, 0.2) is 0 Å². The third-order valence-electron chi connectivity index (χ3n) is 2.56. The lowest BCUT2D eigenvalue weighted by atomic mass is 10.2. The second kappa shape index (κ2) is 6.32. The molecule has 1 saturated heterocycles. The van der Waals surface area contributed by atoms with Crippen molar-refractivity contribution in [3.8, 4) is 0 Å². The second-order valence-corrected chi connectivity index (χ2v) is 5.73. The van der Waals surface area contributed by atoms with Gasteiger partial charge in [0.05, 0.1) is 18.5 Å². The molecule has 1 aliphatic rings. The maximum absolute atomic E-state index is 11.4. The minimum Gasteiger partial charge on any atom is -0.481 e. The first-order valence-electron chi connectivity index (χ1n) is 5.41. The topological polar surface area (TPSA) is 66.8 Å². The van der Waals surface area contributed by atoms with Crippen molar-refractivity contribution in [3.63, 3.8) is 0 Å². The van der Waals surface area contributed by atoms with Crippen LogP contribution in [0, 0.1) is 0 Å².